The van der Waals surface area contributed by atoms with E-state index in [0.717, 1.165) is 29.9 Å². The number of nitrogens with zero attached hydrogens (tertiary/aromatic N) is 4. The maximum Gasteiger partial charge on any atom is 0.150 e. The lowest BCUT2D eigenvalue weighted by atomic mass is 9.66. The summed E-state index contributed by atoms with van der Waals surface area (Å²) in [6.45, 7) is 4.01. The number of rotatable bonds is 1. The van der Waals surface area contributed by atoms with Crippen LogP contribution in [0, 0.1) is 22.7 Å². The van der Waals surface area contributed by atoms with E-state index in [-0.39, 0.29) is 23.2 Å². The summed E-state index contributed by atoms with van der Waals surface area (Å²) in [5.41, 5.74) is 2.11. The Morgan fingerprint density at radius 3 is 2.96 bits per heavy atom. The van der Waals surface area contributed by atoms with Crippen molar-refractivity contribution in [3.05, 3.63) is 47.7 Å². The van der Waals surface area contributed by atoms with Crippen LogP contribution in [0.25, 0.3) is 0 Å². The maximum absolute atomic E-state index is 13.2. The number of benzene rings is 1. The summed E-state index contributed by atoms with van der Waals surface area (Å²) in [7, 11) is 0. The fraction of sp³-hybridized carbons (Fsp3) is 0.368. The Morgan fingerprint density at radius 1 is 1.33 bits per heavy atom. The molecule has 1 saturated carbocycles. The molecule has 2 aliphatic rings. The van der Waals surface area contributed by atoms with E-state index >= 15 is 0 Å². The van der Waals surface area contributed by atoms with Crippen LogP contribution in [0.4, 0.5) is 5.82 Å². The highest BCUT2D eigenvalue weighted by Gasteiger charge is 2.48. The van der Waals surface area contributed by atoms with Gasteiger partial charge in [-0.3, -0.25) is 4.79 Å². The number of ketones is 1. The number of Topliss-reactive ketones (excluding diaryl/α,β-unsaturated/α-hetero) is 1. The normalized spacial score (nSPS) is 24.5. The van der Waals surface area contributed by atoms with E-state index in [1.807, 2.05) is 42.8 Å². The summed E-state index contributed by atoms with van der Waals surface area (Å²) >= 11 is 0. The molecule has 120 valence electrons. The number of hydrogen-bond acceptors (Lipinski definition) is 4. The summed E-state index contributed by atoms with van der Waals surface area (Å²) in [6, 6.07) is 11.3. The number of aliphatic imine (C=N–C) groups is 1. The number of carbonyl (C=O) groups is 1. The predicted octanol–water partition coefficient (Wildman–Crippen LogP) is 3.44. The molecule has 2 aromatic rings. The first-order valence-electron chi connectivity index (χ1n) is 8.16. The number of hydrogen-bond donors (Lipinski definition) is 0. The highest BCUT2D eigenvalue weighted by molar-refractivity contribution is 6.11. The molecule has 2 atom stereocenters. The molecule has 2 unspecified atom stereocenters. The van der Waals surface area contributed by atoms with Crippen molar-refractivity contribution in [3.8, 4) is 6.07 Å². The third-order valence-electron chi connectivity index (χ3n) is 5.16. The smallest absolute Gasteiger partial charge is 0.150 e. The highest BCUT2D eigenvalue weighted by Crippen LogP contribution is 2.45. The number of aromatic nitrogens is 2. The van der Waals surface area contributed by atoms with Crippen LogP contribution in [0.15, 0.2) is 41.5 Å². The molecule has 1 aromatic heterocycles. The molecular formula is C19H18N4O. The first-order chi connectivity index (χ1) is 11.5. The minimum Gasteiger partial charge on any atom is -0.298 e. The van der Waals surface area contributed by atoms with Gasteiger partial charge in [-0.15, -0.1) is 0 Å². The third-order valence-corrected chi connectivity index (χ3v) is 5.16. The average molecular weight is 318 g/mol. The van der Waals surface area contributed by atoms with Gasteiger partial charge < -0.3 is 0 Å². The fourth-order valence-electron chi connectivity index (χ4n) is 3.77. The lowest BCUT2D eigenvalue weighted by Crippen LogP contribution is -2.46. The van der Waals surface area contributed by atoms with Crippen LogP contribution in [-0.2, 0) is 4.79 Å². The topological polar surface area (TPSA) is 71.0 Å². The van der Waals surface area contributed by atoms with Crippen molar-refractivity contribution in [2.24, 2.45) is 16.3 Å². The molecule has 0 saturated heterocycles. The van der Waals surface area contributed by atoms with Gasteiger partial charge in [0, 0.05) is 17.2 Å². The molecule has 2 heterocycles. The van der Waals surface area contributed by atoms with E-state index in [1.165, 1.54) is 0 Å². The van der Waals surface area contributed by atoms with Crippen LogP contribution in [0.1, 0.15) is 43.9 Å². The van der Waals surface area contributed by atoms with Gasteiger partial charge in [-0.2, -0.15) is 10.4 Å². The Balaban J connectivity index is 1.91. The van der Waals surface area contributed by atoms with E-state index in [9.17, 15) is 10.1 Å². The van der Waals surface area contributed by atoms with Crippen LogP contribution in [0.2, 0.25) is 0 Å². The average Bonchev–Trinajstić information content (AvgIpc) is 3.05. The van der Waals surface area contributed by atoms with Gasteiger partial charge in [-0.1, -0.05) is 26.0 Å². The van der Waals surface area contributed by atoms with Crippen LogP contribution < -0.4 is 0 Å². The second kappa shape index (κ2) is 5.13. The molecule has 1 aliphatic carbocycles. The SMILES string of the molecule is CC1(C)CCC2=Nc3ccnn3C(c3cccc(C#N)c3)C2C1=O. The van der Waals surface area contributed by atoms with Gasteiger partial charge in [0.1, 0.15) is 5.78 Å². The molecule has 1 aliphatic heterocycles. The van der Waals surface area contributed by atoms with Crippen molar-refractivity contribution in [3.63, 3.8) is 0 Å². The summed E-state index contributed by atoms with van der Waals surface area (Å²) in [6.07, 6.45) is 3.36. The van der Waals surface area contributed by atoms with Gasteiger partial charge in [0.05, 0.1) is 29.8 Å². The second-order valence-corrected chi connectivity index (χ2v) is 7.15. The molecule has 1 fully saturated rings. The highest BCUT2D eigenvalue weighted by atomic mass is 16.1. The molecule has 0 amide bonds. The Labute approximate surface area is 140 Å². The second-order valence-electron chi connectivity index (χ2n) is 7.15. The zero-order valence-electron chi connectivity index (χ0n) is 13.7. The monoisotopic (exact) mass is 318 g/mol. The molecule has 1 aromatic carbocycles. The third kappa shape index (κ3) is 2.10. The standard InChI is InChI=1S/C19H18N4O/c1-19(2)8-6-14-16(18(19)24)17(23-15(22-14)7-9-21-23)13-5-3-4-12(10-13)11-20/h3-5,7,9-10,16-17H,6,8H2,1-2H3. The summed E-state index contributed by atoms with van der Waals surface area (Å²) in [5, 5.41) is 13.6. The molecule has 5 nitrogen and oxygen atoms in total. The largest absolute Gasteiger partial charge is 0.298 e. The summed E-state index contributed by atoms with van der Waals surface area (Å²) in [4.78, 5) is 17.9. The molecule has 0 bridgehead atoms. The van der Waals surface area contributed by atoms with E-state index in [1.54, 1.807) is 12.3 Å². The Morgan fingerprint density at radius 2 is 2.17 bits per heavy atom. The maximum atomic E-state index is 13.2. The minimum atomic E-state index is -0.362. The number of fused-ring (bicyclic) bond motifs is 2. The zero-order chi connectivity index (χ0) is 16.9. The van der Waals surface area contributed by atoms with Crippen LogP contribution in [0.5, 0.6) is 0 Å². The Bertz CT molecular complexity index is 900. The Hall–Kier alpha value is -2.74. The van der Waals surface area contributed by atoms with Gasteiger partial charge >= 0.3 is 0 Å². The summed E-state index contributed by atoms with van der Waals surface area (Å²) in [5.74, 6) is 0.678. The predicted molar refractivity (Wildman–Crippen MR) is 90.1 cm³/mol. The first kappa shape index (κ1) is 14.8. The molecule has 24 heavy (non-hydrogen) atoms. The van der Waals surface area contributed by atoms with E-state index in [4.69, 9.17) is 4.99 Å². The van der Waals surface area contributed by atoms with E-state index < -0.39 is 0 Å². The van der Waals surface area contributed by atoms with E-state index in [2.05, 4.69) is 11.2 Å². The Kier molecular flexibility index (Phi) is 3.17. The lowest BCUT2D eigenvalue weighted by Gasteiger charge is -2.41. The minimum absolute atomic E-state index is 0.209. The van der Waals surface area contributed by atoms with Crippen molar-refractivity contribution in [1.29, 1.82) is 5.26 Å². The zero-order valence-corrected chi connectivity index (χ0v) is 13.7. The van der Waals surface area contributed by atoms with Crippen molar-refractivity contribution in [2.75, 3.05) is 0 Å². The van der Waals surface area contributed by atoms with Crippen LogP contribution in [-0.4, -0.2) is 21.3 Å². The summed E-state index contributed by atoms with van der Waals surface area (Å²) < 4.78 is 1.82. The van der Waals surface area contributed by atoms with Gasteiger partial charge in [0.15, 0.2) is 5.82 Å². The fourth-order valence-corrected chi connectivity index (χ4v) is 3.77. The van der Waals surface area contributed by atoms with Crippen molar-refractivity contribution < 1.29 is 4.79 Å². The molecule has 0 N–H and O–H groups in total. The molecular weight excluding hydrogens is 300 g/mol. The van der Waals surface area contributed by atoms with Gasteiger partial charge in [0.2, 0.25) is 0 Å². The van der Waals surface area contributed by atoms with Crippen molar-refractivity contribution in [2.45, 2.75) is 32.7 Å². The molecule has 0 radical (unpaired) electrons. The molecule has 0 spiro atoms. The van der Waals surface area contributed by atoms with Crippen LogP contribution >= 0.6 is 0 Å². The molecule has 5 heteroatoms. The van der Waals surface area contributed by atoms with Gasteiger partial charge in [-0.25, -0.2) is 9.67 Å². The van der Waals surface area contributed by atoms with Crippen molar-refractivity contribution >= 4 is 17.3 Å². The van der Waals surface area contributed by atoms with E-state index in [0.29, 0.717) is 5.56 Å². The molecule has 4 rings (SSSR count). The van der Waals surface area contributed by atoms with Gasteiger partial charge in [-0.05, 0) is 30.5 Å². The van der Waals surface area contributed by atoms with Crippen molar-refractivity contribution in [1.82, 2.24) is 9.78 Å². The quantitative estimate of drug-likeness (QED) is 0.808. The number of nitriles is 1. The lowest BCUT2D eigenvalue weighted by molar-refractivity contribution is -0.131. The van der Waals surface area contributed by atoms with Gasteiger partial charge in [0.25, 0.3) is 0 Å². The van der Waals surface area contributed by atoms with Crippen LogP contribution in [0.3, 0.4) is 0 Å². The first-order valence-corrected chi connectivity index (χ1v) is 8.16. The number of carbonyl (C=O) groups excluding carboxylic acids is 1.